The summed E-state index contributed by atoms with van der Waals surface area (Å²) in [7, 11) is 0. The van der Waals surface area contributed by atoms with Gasteiger partial charge in [-0.05, 0) is 48.4 Å². The number of carbonyl (C=O) groups is 1. The molecule has 0 unspecified atom stereocenters. The summed E-state index contributed by atoms with van der Waals surface area (Å²) in [6.45, 7) is 3.55. The fraction of sp³-hybridized carbons (Fsp3) is 0.424. The second-order valence-electron chi connectivity index (χ2n) is 11.7. The number of ether oxygens (including phenoxy) is 2. The quantitative estimate of drug-likeness (QED) is 0.343. The minimum absolute atomic E-state index is 0.0147. The van der Waals surface area contributed by atoms with Crippen LogP contribution >= 0.6 is 0 Å². The summed E-state index contributed by atoms with van der Waals surface area (Å²) >= 11 is 0. The Morgan fingerprint density at radius 1 is 1.02 bits per heavy atom. The van der Waals surface area contributed by atoms with Gasteiger partial charge < -0.3 is 9.47 Å². The topological polar surface area (TPSA) is 112 Å². The third kappa shape index (κ3) is 5.19. The van der Waals surface area contributed by atoms with Crippen LogP contribution in [0.2, 0.25) is 0 Å². The molecule has 1 saturated heterocycles. The van der Waals surface area contributed by atoms with E-state index in [1.54, 1.807) is 6.33 Å². The monoisotopic (exact) mass is 580 g/mol. The lowest BCUT2D eigenvalue weighted by Gasteiger charge is -2.42. The second-order valence-corrected chi connectivity index (χ2v) is 11.7. The molecule has 10 nitrogen and oxygen atoms in total. The molecule has 4 aromatic rings. The van der Waals surface area contributed by atoms with Gasteiger partial charge in [-0.3, -0.25) is 14.2 Å². The van der Waals surface area contributed by atoms with Crippen LogP contribution in [0, 0.1) is 0 Å². The van der Waals surface area contributed by atoms with Crippen molar-refractivity contribution in [2.24, 2.45) is 5.10 Å². The molecule has 1 spiro atoms. The molecule has 2 aliphatic heterocycles. The summed E-state index contributed by atoms with van der Waals surface area (Å²) in [6.07, 6.45) is 7.73. The zero-order chi connectivity index (χ0) is 29.4. The van der Waals surface area contributed by atoms with E-state index in [0.29, 0.717) is 24.3 Å². The lowest BCUT2D eigenvalue weighted by Crippen LogP contribution is -2.45. The molecule has 2 aromatic carbocycles. The molecule has 43 heavy (non-hydrogen) atoms. The van der Waals surface area contributed by atoms with E-state index in [1.165, 1.54) is 0 Å². The maximum absolute atomic E-state index is 14.5. The summed E-state index contributed by atoms with van der Waals surface area (Å²) < 4.78 is 15.9. The Morgan fingerprint density at radius 2 is 1.81 bits per heavy atom. The molecular formula is C33H36N6O4. The number of aryl methyl sites for hydroxylation is 1. The van der Waals surface area contributed by atoms with Gasteiger partial charge >= 0.3 is 0 Å². The van der Waals surface area contributed by atoms with Crippen LogP contribution in [-0.4, -0.2) is 49.8 Å². The van der Waals surface area contributed by atoms with Crippen molar-refractivity contribution in [1.29, 1.82) is 0 Å². The van der Waals surface area contributed by atoms with Gasteiger partial charge in [-0.15, -0.1) is 0 Å². The van der Waals surface area contributed by atoms with E-state index in [4.69, 9.17) is 9.47 Å². The van der Waals surface area contributed by atoms with Crippen LogP contribution in [0.3, 0.4) is 0 Å². The number of hydrogen-bond acceptors (Lipinski definition) is 7. The van der Waals surface area contributed by atoms with Crippen molar-refractivity contribution in [3.05, 3.63) is 87.6 Å². The van der Waals surface area contributed by atoms with Crippen LogP contribution in [0.15, 0.2) is 64.8 Å². The molecule has 1 N–H and O–H groups in total. The smallest absolute Gasteiger partial charge is 0.259 e. The molecule has 2 fully saturated rings. The van der Waals surface area contributed by atoms with Gasteiger partial charge in [0.05, 0.1) is 31.0 Å². The van der Waals surface area contributed by atoms with Gasteiger partial charge in [0.15, 0.2) is 5.79 Å². The van der Waals surface area contributed by atoms with Gasteiger partial charge in [-0.2, -0.15) is 15.2 Å². The maximum atomic E-state index is 14.5. The van der Waals surface area contributed by atoms with Crippen molar-refractivity contribution in [3.8, 4) is 11.1 Å². The summed E-state index contributed by atoms with van der Waals surface area (Å²) in [5, 5.41) is 8.93. The highest BCUT2D eigenvalue weighted by molar-refractivity contribution is 6.16. The Hall–Kier alpha value is -4.15. The first-order valence-corrected chi connectivity index (χ1v) is 15.3. The highest BCUT2D eigenvalue weighted by Crippen LogP contribution is 2.40. The lowest BCUT2D eigenvalue weighted by atomic mass is 9.88. The zero-order valence-corrected chi connectivity index (χ0v) is 24.4. The summed E-state index contributed by atoms with van der Waals surface area (Å²) in [5.41, 5.74) is 8.82. The number of amides is 1. The van der Waals surface area contributed by atoms with Gasteiger partial charge in [0.2, 0.25) is 11.7 Å². The van der Waals surface area contributed by atoms with E-state index < -0.39 is 5.79 Å². The fourth-order valence-electron chi connectivity index (χ4n) is 6.81. The van der Waals surface area contributed by atoms with Crippen molar-refractivity contribution < 1.29 is 14.3 Å². The Morgan fingerprint density at radius 3 is 2.53 bits per heavy atom. The van der Waals surface area contributed by atoms with Crippen LogP contribution in [-0.2, 0) is 27.1 Å². The van der Waals surface area contributed by atoms with Gasteiger partial charge in [-0.1, -0.05) is 55.8 Å². The highest BCUT2D eigenvalue weighted by Gasteiger charge is 2.40. The first kappa shape index (κ1) is 27.7. The molecule has 0 radical (unpaired) electrons. The van der Waals surface area contributed by atoms with E-state index in [-0.39, 0.29) is 23.9 Å². The molecular weight excluding hydrogens is 544 g/mol. The third-order valence-electron chi connectivity index (χ3n) is 8.92. The number of nitrogens with zero attached hydrogens (tertiary/aromatic N) is 5. The molecule has 1 aliphatic carbocycles. The third-order valence-corrected chi connectivity index (χ3v) is 8.92. The van der Waals surface area contributed by atoms with Crippen molar-refractivity contribution in [2.45, 2.75) is 76.5 Å². The normalized spacial score (nSPS) is 18.7. The highest BCUT2D eigenvalue weighted by atomic mass is 16.7. The van der Waals surface area contributed by atoms with Crippen molar-refractivity contribution in [3.63, 3.8) is 0 Å². The van der Waals surface area contributed by atoms with E-state index in [1.807, 2.05) is 27.3 Å². The predicted octanol–water partition coefficient (Wildman–Crippen LogP) is 4.57. The van der Waals surface area contributed by atoms with Crippen LogP contribution in [0.25, 0.3) is 16.9 Å². The zero-order valence-electron chi connectivity index (χ0n) is 24.4. The van der Waals surface area contributed by atoms with Gasteiger partial charge in [0, 0.05) is 36.4 Å². The number of hydrogen-bond donors (Lipinski definition) is 1. The molecule has 1 saturated carbocycles. The number of fused-ring (bicyclic) bond motifs is 1. The molecule has 3 aliphatic rings. The van der Waals surface area contributed by atoms with E-state index in [9.17, 15) is 9.59 Å². The number of aromatic nitrogens is 4. The standard InChI is InChI=1S/C33H36N6O4/c1-2-7-29-27(19-22-10-11-25(23-8-4-3-5-9-23)26(18-22)28-20-30(40)37-36-28)31(41)38(32-34-21-35-39(29)32)24-12-14-33(15-13-24)42-16-6-17-43-33/h3-5,8-11,18,21,24H,2,6-7,12-17,19-20H2,1H3,(H,37,40). The van der Waals surface area contributed by atoms with Crippen LogP contribution < -0.4 is 11.0 Å². The molecule has 4 heterocycles. The van der Waals surface area contributed by atoms with Crippen molar-refractivity contribution in [1.82, 2.24) is 24.6 Å². The van der Waals surface area contributed by atoms with E-state index >= 15 is 0 Å². The van der Waals surface area contributed by atoms with E-state index in [2.05, 4.69) is 57.9 Å². The van der Waals surface area contributed by atoms with Gasteiger partial charge in [0.25, 0.3) is 5.56 Å². The van der Waals surface area contributed by atoms with Gasteiger partial charge in [-0.25, -0.2) is 9.94 Å². The Kier molecular flexibility index (Phi) is 7.40. The van der Waals surface area contributed by atoms with Crippen molar-refractivity contribution in [2.75, 3.05) is 13.2 Å². The molecule has 0 bridgehead atoms. The van der Waals surface area contributed by atoms with Gasteiger partial charge in [0.1, 0.15) is 6.33 Å². The average molecular weight is 581 g/mol. The Balaban J connectivity index is 1.29. The number of benzene rings is 2. The largest absolute Gasteiger partial charge is 0.350 e. The minimum Gasteiger partial charge on any atom is -0.350 e. The number of rotatable bonds is 7. The number of carbonyl (C=O) groups excluding carboxylic acids is 1. The SMILES string of the molecule is CCCc1c(Cc2ccc(-c3ccccc3)c(C3=NNC(=O)C3)c2)c(=O)n(C2CCC3(CC2)OCCCO3)c2ncnn12. The number of hydrazone groups is 1. The fourth-order valence-corrected chi connectivity index (χ4v) is 6.81. The molecule has 10 heteroatoms. The molecule has 0 atom stereocenters. The summed E-state index contributed by atoms with van der Waals surface area (Å²) in [4.78, 5) is 31.1. The minimum atomic E-state index is -0.524. The molecule has 1 amide bonds. The van der Waals surface area contributed by atoms with E-state index in [0.717, 1.165) is 85.2 Å². The first-order chi connectivity index (χ1) is 21.0. The molecule has 222 valence electrons. The maximum Gasteiger partial charge on any atom is 0.259 e. The number of nitrogens with one attached hydrogen (secondary N) is 1. The van der Waals surface area contributed by atoms with Crippen LogP contribution in [0.1, 0.15) is 80.3 Å². The Labute approximate surface area is 249 Å². The molecule has 2 aromatic heterocycles. The first-order valence-electron chi connectivity index (χ1n) is 15.3. The van der Waals surface area contributed by atoms with Crippen LogP contribution in [0.5, 0.6) is 0 Å². The van der Waals surface area contributed by atoms with Crippen molar-refractivity contribution >= 4 is 17.4 Å². The van der Waals surface area contributed by atoms with Crippen LogP contribution in [0.4, 0.5) is 0 Å². The lowest BCUT2D eigenvalue weighted by molar-refractivity contribution is -0.282. The average Bonchev–Trinajstić information content (AvgIpc) is 3.70. The Bertz CT molecular complexity index is 1740. The second kappa shape index (κ2) is 11.5. The molecule has 7 rings (SSSR count). The summed E-state index contributed by atoms with van der Waals surface area (Å²) in [6, 6.07) is 16.3. The predicted molar refractivity (Wildman–Crippen MR) is 162 cm³/mol. The summed E-state index contributed by atoms with van der Waals surface area (Å²) in [5.74, 6) is -0.0558.